The molecule has 2 rings (SSSR count). The van der Waals surface area contributed by atoms with Gasteiger partial charge >= 0.3 is 0 Å². The monoisotopic (exact) mass is 153 g/mol. The zero-order chi connectivity index (χ0) is 6.81. The Morgan fingerprint density at radius 2 is 2.30 bits per heavy atom. The summed E-state index contributed by atoms with van der Waals surface area (Å²) in [6.07, 6.45) is 2.21. The topological polar surface area (TPSA) is 24.9 Å². The third-order valence-electron chi connectivity index (χ3n) is 1.74. The van der Waals surface area contributed by atoms with Gasteiger partial charge in [-0.25, -0.2) is 4.98 Å². The first-order valence-electron chi connectivity index (χ1n) is 3.52. The van der Waals surface area contributed by atoms with Crippen molar-refractivity contribution in [1.82, 2.24) is 10.3 Å². The first-order valence-corrected chi connectivity index (χ1v) is 4.34. The zero-order valence-corrected chi connectivity index (χ0v) is 6.50. The van der Waals surface area contributed by atoms with Crippen LogP contribution in [0.1, 0.15) is 10.6 Å². The third-order valence-corrected chi connectivity index (χ3v) is 2.61. The van der Waals surface area contributed by atoms with Crippen molar-refractivity contribution in [3.63, 3.8) is 0 Å². The lowest BCUT2D eigenvalue weighted by atomic mass is 10.2. The number of fused-ring (bicyclic) bond motifs is 1. The number of hydrogen-bond acceptors (Lipinski definition) is 3. The van der Waals surface area contributed by atoms with Gasteiger partial charge in [0.05, 0.1) is 5.69 Å². The van der Waals surface area contributed by atoms with E-state index in [9.17, 15) is 0 Å². The minimum atomic E-state index is 1.07. The Bertz CT molecular complexity index is 199. The molecule has 10 heavy (non-hydrogen) atoms. The van der Waals surface area contributed by atoms with Crippen molar-refractivity contribution in [3.8, 4) is 0 Å². The van der Waals surface area contributed by atoms with Crippen LogP contribution in [0.15, 0.2) is 0 Å². The van der Waals surface area contributed by atoms with Crippen LogP contribution in [0.5, 0.6) is 0 Å². The van der Waals surface area contributed by atoms with E-state index in [2.05, 4.69) is 15.8 Å². The summed E-state index contributed by atoms with van der Waals surface area (Å²) in [5, 5.41) is 3.33. The third kappa shape index (κ3) is 1.07. The molecule has 0 amide bonds. The highest BCUT2D eigenvalue weighted by Gasteiger charge is 2.08. The highest BCUT2D eigenvalue weighted by atomic mass is 32.1. The fourth-order valence-electron chi connectivity index (χ4n) is 1.18. The Labute approximate surface area is 64.3 Å². The maximum Gasteiger partial charge on any atom is 0.152 e. The second kappa shape index (κ2) is 2.68. The molecule has 0 saturated carbocycles. The second-order valence-electron chi connectivity index (χ2n) is 2.43. The normalized spacial score (nSPS) is 18.0. The number of nitrogens with zero attached hydrogens (tertiary/aromatic N) is 1. The molecule has 2 heterocycles. The molecule has 0 fully saturated rings. The number of thiazole rings is 1. The van der Waals surface area contributed by atoms with Crippen LogP contribution < -0.4 is 5.32 Å². The van der Waals surface area contributed by atoms with Crippen molar-refractivity contribution < 1.29 is 0 Å². The molecule has 3 heteroatoms. The first-order chi connectivity index (χ1) is 4.97. The number of hydrogen-bond donors (Lipinski definition) is 1. The van der Waals surface area contributed by atoms with Gasteiger partial charge in [0, 0.05) is 24.4 Å². The molecule has 0 spiro atoms. The summed E-state index contributed by atoms with van der Waals surface area (Å²) in [7, 11) is 0. The molecule has 1 aromatic heterocycles. The highest BCUT2D eigenvalue weighted by molar-refractivity contribution is 7.09. The van der Waals surface area contributed by atoms with Gasteiger partial charge in [-0.05, 0) is 6.42 Å². The molecule has 1 aliphatic rings. The van der Waals surface area contributed by atoms with Crippen LogP contribution in [0, 0.1) is 5.51 Å². The van der Waals surface area contributed by atoms with Gasteiger partial charge in [-0.15, -0.1) is 11.3 Å². The maximum absolute atomic E-state index is 4.17. The summed E-state index contributed by atoms with van der Waals surface area (Å²) in [4.78, 5) is 5.59. The van der Waals surface area contributed by atoms with Crippen molar-refractivity contribution in [2.75, 3.05) is 13.1 Å². The smallest absolute Gasteiger partial charge is 0.152 e. The van der Waals surface area contributed by atoms with Crippen LogP contribution in [-0.4, -0.2) is 18.1 Å². The molecule has 1 N–H and O–H groups in total. The molecule has 0 unspecified atom stereocenters. The SMILES string of the molecule is [c]1nc2c(s1)CCNCC2. The van der Waals surface area contributed by atoms with Gasteiger partial charge in [0.15, 0.2) is 5.51 Å². The van der Waals surface area contributed by atoms with Gasteiger partial charge in [-0.3, -0.25) is 0 Å². The van der Waals surface area contributed by atoms with Gasteiger partial charge < -0.3 is 5.32 Å². The highest BCUT2D eigenvalue weighted by Crippen LogP contribution is 2.14. The predicted molar refractivity (Wildman–Crippen MR) is 41.2 cm³/mol. The Hall–Kier alpha value is -0.410. The van der Waals surface area contributed by atoms with Crippen molar-refractivity contribution in [3.05, 3.63) is 16.1 Å². The van der Waals surface area contributed by atoms with Gasteiger partial charge in [-0.2, -0.15) is 0 Å². The van der Waals surface area contributed by atoms with Crippen molar-refractivity contribution >= 4 is 11.3 Å². The van der Waals surface area contributed by atoms with Gasteiger partial charge in [0.25, 0.3) is 0 Å². The van der Waals surface area contributed by atoms with Crippen molar-refractivity contribution in [2.24, 2.45) is 0 Å². The molecule has 0 aliphatic carbocycles. The summed E-state index contributed by atoms with van der Waals surface area (Å²) < 4.78 is 0. The van der Waals surface area contributed by atoms with Gasteiger partial charge in [0.1, 0.15) is 0 Å². The maximum atomic E-state index is 4.17. The molecule has 1 radical (unpaired) electrons. The summed E-state index contributed by atoms with van der Waals surface area (Å²) in [6.45, 7) is 2.17. The molecule has 2 nitrogen and oxygen atoms in total. The minimum absolute atomic E-state index is 1.07. The Morgan fingerprint density at radius 1 is 1.40 bits per heavy atom. The predicted octanol–water partition coefficient (Wildman–Crippen LogP) is 0.631. The summed E-state index contributed by atoms with van der Waals surface area (Å²) in [5.41, 5.74) is 4.19. The fraction of sp³-hybridized carbons (Fsp3) is 0.571. The van der Waals surface area contributed by atoms with Crippen LogP contribution >= 0.6 is 11.3 Å². The largest absolute Gasteiger partial charge is 0.316 e. The van der Waals surface area contributed by atoms with E-state index in [-0.39, 0.29) is 0 Å². The lowest BCUT2D eigenvalue weighted by Crippen LogP contribution is -2.16. The van der Waals surface area contributed by atoms with E-state index in [1.165, 1.54) is 10.6 Å². The van der Waals surface area contributed by atoms with Gasteiger partial charge in [-0.1, -0.05) is 0 Å². The average molecular weight is 153 g/mol. The standard InChI is InChI=1S/C7H9N2S/c1-3-8-4-2-7-6(1)9-5-10-7/h8H,1-4H2. The van der Waals surface area contributed by atoms with Crippen LogP contribution in [0.25, 0.3) is 0 Å². The average Bonchev–Trinajstić information content (AvgIpc) is 2.28. The first kappa shape index (κ1) is 6.31. The van der Waals surface area contributed by atoms with Crippen molar-refractivity contribution in [2.45, 2.75) is 12.8 Å². The number of aromatic nitrogens is 1. The zero-order valence-electron chi connectivity index (χ0n) is 5.68. The summed E-state index contributed by atoms with van der Waals surface area (Å²) >= 11 is 1.66. The van der Waals surface area contributed by atoms with E-state index in [4.69, 9.17) is 0 Å². The van der Waals surface area contributed by atoms with E-state index in [1.54, 1.807) is 11.3 Å². The van der Waals surface area contributed by atoms with Crippen molar-refractivity contribution in [1.29, 1.82) is 0 Å². The van der Waals surface area contributed by atoms with Crippen LogP contribution in [0.2, 0.25) is 0 Å². The molecule has 0 bridgehead atoms. The van der Waals surface area contributed by atoms with Crippen LogP contribution in [0.4, 0.5) is 0 Å². The lowest BCUT2D eigenvalue weighted by molar-refractivity contribution is 0.708. The van der Waals surface area contributed by atoms with Gasteiger partial charge in [0.2, 0.25) is 0 Å². The van der Waals surface area contributed by atoms with Crippen LogP contribution in [-0.2, 0) is 12.8 Å². The lowest BCUT2D eigenvalue weighted by Gasteiger charge is -1.92. The Morgan fingerprint density at radius 3 is 3.30 bits per heavy atom. The van der Waals surface area contributed by atoms with E-state index in [0.29, 0.717) is 0 Å². The molecular formula is C7H9N2S. The second-order valence-corrected chi connectivity index (χ2v) is 3.30. The molecular weight excluding hydrogens is 144 g/mol. The Kier molecular flexibility index (Phi) is 1.69. The summed E-state index contributed by atoms with van der Waals surface area (Å²) in [5.74, 6) is 0. The molecule has 1 aromatic rings. The summed E-state index contributed by atoms with van der Waals surface area (Å²) in [6, 6.07) is 0. The molecule has 0 aromatic carbocycles. The van der Waals surface area contributed by atoms with E-state index < -0.39 is 0 Å². The van der Waals surface area contributed by atoms with E-state index in [0.717, 1.165) is 25.9 Å². The molecule has 0 atom stereocenters. The molecule has 1 aliphatic heterocycles. The van der Waals surface area contributed by atoms with E-state index in [1.807, 2.05) is 0 Å². The molecule has 0 saturated heterocycles. The Balaban J connectivity index is 2.28. The quantitative estimate of drug-likeness (QED) is 0.591. The molecule has 53 valence electrons. The minimum Gasteiger partial charge on any atom is -0.316 e. The number of nitrogens with one attached hydrogen (secondary N) is 1. The van der Waals surface area contributed by atoms with E-state index >= 15 is 0 Å². The number of rotatable bonds is 0. The van der Waals surface area contributed by atoms with Crippen LogP contribution in [0.3, 0.4) is 0 Å². The fourth-order valence-corrected chi connectivity index (χ4v) is 1.91.